The average molecular weight is 465 g/mol. The van der Waals surface area contributed by atoms with Crippen molar-refractivity contribution in [3.8, 4) is 11.6 Å². The molecule has 1 aromatic carbocycles. The van der Waals surface area contributed by atoms with Crippen LogP contribution in [0.2, 0.25) is 5.02 Å². The molecule has 2 atom stereocenters. The molecule has 0 bridgehead atoms. The fraction of sp³-hybridized carbons (Fsp3) is 0.333. The average Bonchev–Trinajstić information content (AvgIpc) is 3.56. The van der Waals surface area contributed by atoms with Crippen molar-refractivity contribution in [2.24, 2.45) is 5.10 Å². The highest BCUT2D eigenvalue weighted by molar-refractivity contribution is 6.30. The largest absolute Gasteiger partial charge is 0.443 e. The fourth-order valence-electron chi connectivity index (χ4n) is 5.02. The summed E-state index contributed by atoms with van der Waals surface area (Å²) in [6, 6.07) is 8.33. The molecule has 2 N–H and O–H groups in total. The number of β-amino-alcohol motifs (C(OH)–C–C–N with tert-alkyl or cyclic N) is 1. The Morgan fingerprint density at radius 3 is 2.82 bits per heavy atom. The number of aliphatic hydroxyl groups is 1. The molecule has 0 radical (unpaired) electrons. The number of hydrogen-bond donors (Lipinski definition) is 2. The van der Waals surface area contributed by atoms with E-state index in [1.54, 1.807) is 12.5 Å². The minimum absolute atomic E-state index is 0.0133. The summed E-state index contributed by atoms with van der Waals surface area (Å²) in [6.45, 7) is 5.00. The molecule has 0 aliphatic carbocycles. The molecule has 5 heterocycles. The summed E-state index contributed by atoms with van der Waals surface area (Å²) >= 11 is 6.52. The summed E-state index contributed by atoms with van der Waals surface area (Å²) in [5.41, 5.74) is 8.44. The van der Waals surface area contributed by atoms with Crippen molar-refractivity contribution in [2.75, 3.05) is 18.0 Å². The quantitative estimate of drug-likeness (QED) is 0.601. The minimum atomic E-state index is -0.235. The van der Waals surface area contributed by atoms with Gasteiger partial charge in [-0.1, -0.05) is 17.7 Å². The van der Waals surface area contributed by atoms with Crippen LogP contribution in [0.15, 0.2) is 52.3 Å². The van der Waals surface area contributed by atoms with E-state index in [1.165, 1.54) is 0 Å². The monoisotopic (exact) mass is 464 g/mol. The van der Waals surface area contributed by atoms with Crippen LogP contribution in [-0.4, -0.2) is 50.8 Å². The van der Waals surface area contributed by atoms with Gasteiger partial charge in [0.25, 0.3) is 0 Å². The van der Waals surface area contributed by atoms with Gasteiger partial charge in [-0.05, 0) is 54.8 Å². The van der Waals surface area contributed by atoms with Gasteiger partial charge in [-0.25, -0.2) is 4.98 Å². The molecule has 9 heteroatoms. The summed E-state index contributed by atoms with van der Waals surface area (Å²) in [5, 5.41) is 15.0. The molecule has 0 saturated carbocycles. The lowest BCUT2D eigenvalue weighted by Gasteiger charge is -2.27. The van der Waals surface area contributed by atoms with E-state index in [0.29, 0.717) is 24.0 Å². The molecule has 170 valence electrons. The predicted octanol–water partition coefficient (Wildman–Crippen LogP) is 3.51. The van der Waals surface area contributed by atoms with Gasteiger partial charge in [-0.15, -0.1) is 0 Å². The molecule has 2 unspecified atom stereocenters. The zero-order valence-electron chi connectivity index (χ0n) is 18.3. The molecule has 8 nitrogen and oxygen atoms in total. The molecule has 3 aromatic rings. The minimum Gasteiger partial charge on any atom is -0.443 e. The number of aliphatic hydroxyl groups excluding tert-OH is 1. The third kappa shape index (κ3) is 3.74. The molecule has 3 aliphatic rings. The first-order valence-electron chi connectivity index (χ1n) is 11.1. The van der Waals surface area contributed by atoms with E-state index in [0.717, 1.165) is 53.5 Å². The van der Waals surface area contributed by atoms with Crippen LogP contribution in [0.4, 0.5) is 5.69 Å². The van der Waals surface area contributed by atoms with Crippen LogP contribution >= 0.6 is 11.6 Å². The highest BCUT2D eigenvalue weighted by atomic mass is 35.5. The maximum absolute atomic E-state index is 9.87. The van der Waals surface area contributed by atoms with E-state index in [4.69, 9.17) is 16.0 Å². The molecule has 33 heavy (non-hydrogen) atoms. The number of nitrogens with zero attached hydrogens (tertiary/aromatic N) is 5. The predicted molar refractivity (Wildman–Crippen MR) is 128 cm³/mol. The molecule has 0 spiro atoms. The van der Waals surface area contributed by atoms with E-state index in [1.807, 2.05) is 19.1 Å². The number of fused-ring (bicyclic) bond motifs is 3. The van der Waals surface area contributed by atoms with Gasteiger partial charge in [-0.3, -0.25) is 10.3 Å². The molecular weight excluding hydrogens is 440 g/mol. The number of oxazole rings is 1. The van der Waals surface area contributed by atoms with Crippen LogP contribution < -0.4 is 10.3 Å². The number of rotatable bonds is 5. The first-order valence-corrected chi connectivity index (χ1v) is 11.5. The fourth-order valence-corrected chi connectivity index (χ4v) is 5.30. The Bertz CT molecular complexity index is 1250. The van der Waals surface area contributed by atoms with Crippen molar-refractivity contribution in [1.29, 1.82) is 0 Å². The summed E-state index contributed by atoms with van der Waals surface area (Å²) in [4.78, 5) is 8.86. The van der Waals surface area contributed by atoms with Gasteiger partial charge >= 0.3 is 0 Å². The number of aromatic nitrogens is 2. The topological polar surface area (TPSA) is 82.1 Å². The zero-order chi connectivity index (χ0) is 22.5. The van der Waals surface area contributed by atoms with Gasteiger partial charge in [0, 0.05) is 31.2 Å². The molecule has 3 aliphatic heterocycles. The second-order valence-corrected chi connectivity index (χ2v) is 9.27. The van der Waals surface area contributed by atoms with Crippen LogP contribution in [0.5, 0.6) is 0 Å². The second-order valence-electron chi connectivity index (χ2n) is 8.83. The van der Waals surface area contributed by atoms with Crippen molar-refractivity contribution < 1.29 is 9.52 Å². The van der Waals surface area contributed by atoms with Crippen LogP contribution in [-0.2, 0) is 13.1 Å². The SMILES string of the molecule is CC1=NNC2C=Cc3c(cc(-c4ncco4)n3Cc3cc(Cl)cc(CN4CCC(O)C4)c3)N12. The number of hydrogen-bond acceptors (Lipinski definition) is 7. The summed E-state index contributed by atoms with van der Waals surface area (Å²) in [7, 11) is 0. The maximum atomic E-state index is 9.87. The third-order valence-electron chi connectivity index (χ3n) is 6.46. The van der Waals surface area contributed by atoms with Crippen molar-refractivity contribution >= 4 is 29.2 Å². The molecule has 2 aromatic heterocycles. The number of halogens is 1. The van der Waals surface area contributed by atoms with E-state index < -0.39 is 0 Å². The lowest BCUT2D eigenvalue weighted by Crippen LogP contribution is -2.39. The second kappa shape index (κ2) is 8.06. The summed E-state index contributed by atoms with van der Waals surface area (Å²) < 4.78 is 7.90. The number of anilines is 1. The van der Waals surface area contributed by atoms with Crippen LogP contribution in [0.3, 0.4) is 0 Å². The highest BCUT2D eigenvalue weighted by Crippen LogP contribution is 2.38. The van der Waals surface area contributed by atoms with Gasteiger partial charge in [0.1, 0.15) is 24.0 Å². The van der Waals surface area contributed by atoms with E-state index >= 15 is 0 Å². The molecule has 6 rings (SSSR count). The van der Waals surface area contributed by atoms with Gasteiger partial charge in [0.15, 0.2) is 0 Å². The van der Waals surface area contributed by atoms with E-state index in [2.05, 4.69) is 54.2 Å². The summed E-state index contributed by atoms with van der Waals surface area (Å²) in [6.07, 6.45) is 8.10. The Kier molecular flexibility index (Phi) is 5.01. The number of nitrogens with one attached hydrogen (secondary N) is 1. The van der Waals surface area contributed by atoms with Gasteiger partial charge in [0.05, 0.1) is 23.7 Å². The first-order chi connectivity index (χ1) is 16.0. The van der Waals surface area contributed by atoms with Crippen molar-refractivity contribution in [1.82, 2.24) is 19.9 Å². The number of likely N-dealkylation sites (tertiary alicyclic amines) is 1. The van der Waals surface area contributed by atoms with Gasteiger partial charge in [-0.2, -0.15) is 5.10 Å². The Hall–Kier alpha value is -3.07. The summed E-state index contributed by atoms with van der Waals surface area (Å²) in [5.74, 6) is 1.49. The third-order valence-corrected chi connectivity index (χ3v) is 6.68. The molecule has 1 fully saturated rings. The van der Waals surface area contributed by atoms with Crippen LogP contribution in [0, 0.1) is 0 Å². The lowest BCUT2D eigenvalue weighted by atomic mass is 10.1. The van der Waals surface area contributed by atoms with Crippen LogP contribution in [0.25, 0.3) is 17.7 Å². The normalized spacial score (nSPS) is 21.8. The molecule has 0 amide bonds. The smallest absolute Gasteiger partial charge is 0.243 e. The number of hydrazone groups is 1. The van der Waals surface area contributed by atoms with Gasteiger partial charge in [0.2, 0.25) is 5.89 Å². The Morgan fingerprint density at radius 1 is 1.21 bits per heavy atom. The lowest BCUT2D eigenvalue weighted by molar-refractivity contribution is 0.175. The Labute approximate surface area is 196 Å². The first kappa shape index (κ1) is 20.5. The standard InChI is InChI=1S/C24H25ClN6O2/c1-15-27-28-23-3-2-20-21(31(15)23)11-22(24-26-5-7-33-24)30(20)13-17-8-16(9-18(25)10-17)12-29-6-4-19(32)14-29/h2-3,5,7-11,19,23,28,32H,4,6,12-14H2,1H3. The molecular formula is C24H25ClN6O2. The number of amidine groups is 1. The Morgan fingerprint density at radius 2 is 2.06 bits per heavy atom. The maximum Gasteiger partial charge on any atom is 0.243 e. The zero-order valence-corrected chi connectivity index (χ0v) is 19.0. The number of benzene rings is 1. The van der Waals surface area contributed by atoms with E-state index in [-0.39, 0.29) is 12.3 Å². The van der Waals surface area contributed by atoms with Crippen molar-refractivity contribution in [3.05, 3.63) is 64.6 Å². The highest BCUT2D eigenvalue weighted by Gasteiger charge is 2.32. The van der Waals surface area contributed by atoms with E-state index in [9.17, 15) is 5.11 Å². The van der Waals surface area contributed by atoms with Crippen LogP contribution in [0.1, 0.15) is 30.2 Å². The van der Waals surface area contributed by atoms with Crippen molar-refractivity contribution in [2.45, 2.75) is 38.7 Å². The molecule has 1 saturated heterocycles. The Balaban J connectivity index is 1.38. The van der Waals surface area contributed by atoms with Crippen molar-refractivity contribution in [3.63, 3.8) is 0 Å². The van der Waals surface area contributed by atoms with Gasteiger partial charge < -0.3 is 19.0 Å².